The summed E-state index contributed by atoms with van der Waals surface area (Å²) in [6.07, 6.45) is 4.38. The molecule has 0 bridgehead atoms. The van der Waals surface area contributed by atoms with Gasteiger partial charge in [-0.2, -0.15) is 5.10 Å². The number of aryl methyl sites for hydroxylation is 4. The van der Waals surface area contributed by atoms with Gasteiger partial charge in [0.15, 0.2) is 6.61 Å². The van der Waals surface area contributed by atoms with Crippen molar-refractivity contribution >= 4 is 11.6 Å². The van der Waals surface area contributed by atoms with Gasteiger partial charge in [-0.1, -0.05) is 36.4 Å². The van der Waals surface area contributed by atoms with Gasteiger partial charge in [0.2, 0.25) is 0 Å². The molecule has 3 rings (SSSR count). The third-order valence-corrected chi connectivity index (χ3v) is 3.95. The minimum absolute atomic E-state index is 0.0297. The monoisotopic (exact) mass is 349 g/mol. The fourth-order valence-corrected chi connectivity index (χ4v) is 2.80. The number of aromatic nitrogens is 2. The minimum atomic E-state index is -0.202. The quantitative estimate of drug-likeness (QED) is 0.706. The van der Waals surface area contributed by atoms with Gasteiger partial charge in [0.1, 0.15) is 5.75 Å². The number of nitrogens with zero attached hydrogens (tertiary/aromatic N) is 2. The van der Waals surface area contributed by atoms with Gasteiger partial charge in [-0.15, -0.1) is 0 Å². The first-order valence-corrected chi connectivity index (χ1v) is 8.66. The Morgan fingerprint density at radius 1 is 1.12 bits per heavy atom. The molecule has 0 aliphatic heterocycles. The van der Waals surface area contributed by atoms with Crippen molar-refractivity contribution < 1.29 is 9.53 Å². The summed E-state index contributed by atoms with van der Waals surface area (Å²) in [5.41, 5.74) is 4.16. The summed E-state index contributed by atoms with van der Waals surface area (Å²) in [5, 5.41) is 7.10. The Hall–Kier alpha value is -3.08. The molecule has 1 heterocycles. The van der Waals surface area contributed by atoms with E-state index in [4.69, 9.17) is 4.74 Å². The van der Waals surface area contributed by atoms with Crippen LogP contribution >= 0.6 is 0 Å². The first kappa shape index (κ1) is 17.7. The highest BCUT2D eigenvalue weighted by Gasteiger charge is 2.06. The molecule has 1 aromatic heterocycles. The van der Waals surface area contributed by atoms with Crippen LogP contribution in [0.2, 0.25) is 0 Å². The van der Waals surface area contributed by atoms with Crippen LogP contribution < -0.4 is 10.1 Å². The van der Waals surface area contributed by atoms with Gasteiger partial charge in [-0.3, -0.25) is 9.48 Å². The SMILES string of the molecule is Cc1cc(C)cc(OCC(=O)Nc2cnn(CCc3ccccc3)c2)c1. The summed E-state index contributed by atoms with van der Waals surface area (Å²) < 4.78 is 7.40. The smallest absolute Gasteiger partial charge is 0.262 e. The molecule has 134 valence electrons. The fourth-order valence-electron chi connectivity index (χ4n) is 2.80. The summed E-state index contributed by atoms with van der Waals surface area (Å²) in [7, 11) is 0. The second-order valence-electron chi connectivity index (χ2n) is 6.39. The number of ether oxygens (including phenoxy) is 1. The molecule has 0 unspecified atom stereocenters. The highest BCUT2D eigenvalue weighted by Crippen LogP contribution is 2.16. The second kappa shape index (κ2) is 8.34. The van der Waals surface area contributed by atoms with Gasteiger partial charge in [-0.05, 0) is 49.1 Å². The van der Waals surface area contributed by atoms with E-state index in [1.807, 2.05) is 55.1 Å². The number of amides is 1. The van der Waals surface area contributed by atoms with Crippen molar-refractivity contribution in [1.29, 1.82) is 0 Å². The number of carbonyl (C=O) groups is 1. The van der Waals surface area contributed by atoms with Crippen molar-refractivity contribution in [3.8, 4) is 5.75 Å². The Morgan fingerprint density at radius 3 is 2.58 bits per heavy atom. The molecule has 26 heavy (non-hydrogen) atoms. The lowest BCUT2D eigenvalue weighted by Gasteiger charge is -2.08. The zero-order valence-corrected chi connectivity index (χ0v) is 15.1. The number of carbonyl (C=O) groups excluding carboxylic acids is 1. The third kappa shape index (κ3) is 5.21. The lowest BCUT2D eigenvalue weighted by molar-refractivity contribution is -0.118. The van der Waals surface area contributed by atoms with Gasteiger partial charge in [0.05, 0.1) is 11.9 Å². The summed E-state index contributed by atoms with van der Waals surface area (Å²) >= 11 is 0. The largest absolute Gasteiger partial charge is 0.484 e. The molecule has 0 saturated carbocycles. The maximum Gasteiger partial charge on any atom is 0.262 e. The zero-order valence-electron chi connectivity index (χ0n) is 15.1. The second-order valence-corrected chi connectivity index (χ2v) is 6.39. The summed E-state index contributed by atoms with van der Waals surface area (Å²) in [6, 6.07) is 16.2. The Labute approximate surface area is 153 Å². The fraction of sp³-hybridized carbons (Fsp3) is 0.238. The maximum atomic E-state index is 12.1. The normalized spacial score (nSPS) is 10.5. The molecule has 0 radical (unpaired) electrons. The first-order valence-electron chi connectivity index (χ1n) is 8.66. The molecule has 1 amide bonds. The van der Waals surface area contributed by atoms with E-state index in [0.29, 0.717) is 11.4 Å². The van der Waals surface area contributed by atoms with E-state index in [0.717, 1.165) is 24.1 Å². The van der Waals surface area contributed by atoms with Crippen molar-refractivity contribution in [2.24, 2.45) is 0 Å². The lowest BCUT2D eigenvalue weighted by Crippen LogP contribution is -2.20. The average molecular weight is 349 g/mol. The number of rotatable bonds is 7. The topological polar surface area (TPSA) is 56.1 Å². The minimum Gasteiger partial charge on any atom is -0.484 e. The van der Waals surface area contributed by atoms with Gasteiger partial charge < -0.3 is 10.1 Å². The molecule has 1 N–H and O–H groups in total. The van der Waals surface area contributed by atoms with Gasteiger partial charge >= 0.3 is 0 Å². The predicted molar refractivity (Wildman–Crippen MR) is 102 cm³/mol. The van der Waals surface area contributed by atoms with Crippen LogP contribution in [0.25, 0.3) is 0 Å². The average Bonchev–Trinajstić information content (AvgIpc) is 3.06. The van der Waals surface area contributed by atoms with Crippen LogP contribution in [0.5, 0.6) is 5.75 Å². The number of nitrogens with one attached hydrogen (secondary N) is 1. The van der Waals surface area contributed by atoms with Gasteiger partial charge in [-0.25, -0.2) is 0 Å². The molecule has 0 saturated heterocycles. The van der Waals surface area contributed by atoms with Crippen molar-refractivity contribution in [2.45, 2.75) is 26.8 Å². The van der Waals surface area contributed by atoms with Crippen LogP contribution in [0, 0.1) is 13.8 Å². The zero-order chi connectivity index (χ0) is 18.4. The lowest BCUT2D eigenvalue weighted by atomic mass is 10.1. The first-order chi connectivity index (χ1) is 12.6. The Balaban J connectivity index is 1.48. The summed E-state index contributed by atoms with van der Waals surface area (Å²) in [4.78, 5) is 12.1. The van der Waals surface area contributed by atoms with Crippen molar-refractivity contribution in [3.63, 3.8) is 0 Å². The van der Waals surface area contributed by atoms with Crippen molar-refractivity contribution in [3.05, 3.63) is 77.6 Å². The Bertz CT molecular complexity index is 852. The van der Waals surface area contributed by atoms with E-state index in [-0.39, 0.29) is 12.5 Å². The van der Waals surface area contributed by atoms with E-state index in [9.17, 15) is 4.79 Å². The van der Waals surface area contributed by atoms with Crippen molar-refractivity contribution in [2.75, 3.05) is 11.9 Å². The van der Waals surface area contributed by atoms with Crippen LogP contribution in [0.3, 0.4) is 0 Å². The van der Waals surface area contributed by atoms with Gasteiger partial charge in [0, 0.05) is 12.7 Å². The van der Waals surface area contributed by atoms with Gasteiger partial charge in [0.25, 0.3) is 5.91 Å². The van der Waals surface area contributed by atoms with E-state index in [1.54, 1.807) is 6.20 Å². The predicted octanol–water partition coefficient (Wildman–Crippen LogP) is 3.76. The Morgan fingerprint density at radius 2 is 1.85 bits per heavy atom. The number of hydrogen-bond acceptors (Lipinski definition) is 3. The van der Waals surface area contributed by atoms with Crippen LogP contribution in [0.15, 0.2) is 60.9 Å². The molecule has 0 spiro atoms. The molecule has 3 aromatic rings. The molecule has 5 nitrogen and oxygen atoms in total. The van der Waals surface area contributed by atoms with Crippen LogP contribution in [0.4, 0.5) is 5.69 Å². The standard InChI is InChI=1S/C21H23N3O2/c1-16-10-17(2)12-20(11-16)26-15-21(25)23-19-13-22-24(14-19)9-8-18-6-4-3-5-7-18/h3-7,10-14H,8-9,15H2,1-2H3,(H,23,25). The molecule has 0 fully saturated rings. The molecule has 0 aliphatic rings. The van der Waals surface area contributed by atoms with E-state index < -0.39 is 0 Å². The van der Waals surface area contributed by atoms with Crippen LogP contribution in [-0.4, -0.2) is 22.3 Å². The Kier molecular flexibility index (Phi) is 5.69. The molecule has 5 heteroatoms. The summed E-state index contributed by atoms with van der Waals surface area (Å²) in [6.45, 7) is 4.74. The highest BCUT2D eigenvalue weighted by molar-refractivity contribution is 5.91. The number of anilines is 1. The molecular formula is C21H23N3O2. The third-order valence-electron chi connectivity index (χ3n) is 3.95. The molecule has 0 aliphatic carbocycles. The highest BCUT2D eigenvalue weighted by atomic mass is 16.5. The molecular weight excluding hydrogens is 326 g/mol. The molecule has 0 atom stereocenters. The van der Waals surface area contributed by atoms with E-state index in [1.165, 1.54) is 5.56 Å². The van der Waals surface area contributed by atoms with E-state index in [2.05, 4.69) is 28.6 Å². The van der Waals surface area contributed by atoms with Crippen LogP contribution in [-0.2, 0) is 17.8 Å². The number of benzene rings is 2. The maximum absolute atomic E-state index is 12.1. The van der Waals surface area contributed by atoms with Crippen LogP contribution in [0.1, 0.15) is 16.7 Å². The summed E-state index contributed by atoms with van der Waals surface area (Å²) in [5.74, 6) is 0.503. The number of hydrogen-bond donors (Lipinski definition) is 1. The van der Waals surface area contributed by atoms with Crippen molar-refractivity contribution in [1.82, 2.24) is 9.78 Å². The molecule has 2 aromatic carbocycles. The van der Waals surface area contributed by atoms with E-state index >= 15 is 0 Å².